The fraction of sp³-hybridized carbons (Fsp3) is 0.111. The van der Waals surface area contributed by atoms with Gasteiger partial charge in [0.2, 0.25) is 0 Å². The van der Waals surface area contributed by atoms with Crippen LogP contribution in [0.5, 0.6) is 0 Å². The van der Waals surface area contributed by atoms with Crippen molar-refractivity contribution in [2.45, 2.75) is 18.3 Å². The van der Waals surface area contributed by atoms with E-state index in [4.69, 9.17) is 0 Å². The number of fused-ring (bicyclic) bond motifs is 3. The third-order valence-corrected chi connectivity index (χ3v) is 5.78. The van der Waals surface area contributed by atoms with E-state index in [0.717, 1.165) is 12.8 Å². The maximum atomic E-state index is 2.32. The second-order valence-electron chi connectivity index (χ2n) is 7.22. The summed E-state index contributed by atoms with van der Waals surface area (Å²) in [5.74, 6) is 0. The van der Waals surface area contributed by atoms with Crippen LogP contribution in [0, 0.1) is 0 Å². The largest absolute Gasteiger partial charge is 0.0807 e. The molecule has 0 unspecified atom stereocenters. The van der Waals surface area contributed by atoms with Crippen LogP contribution in [0.25, 0.3) is 11.1 Å². The first-order chi connectivity index (χ1) is 13.4. The van der Waals surface area contributed by atoms with Crippen LogP contribution in [-0.2, 0) is 5.41 Å². The minimum atomic E-state index is -0.274. The highest BCUT2D eigenvalue weighted by atomic mass is 14.5. The second-order valence-corrected chi connectivity index (χ2v) is 7.22. The van der Waals surface area contributed by atoms with Crippen molar-refractivity contribution in [1.29, 1.82) is 0 Å². The van der Waals surface area contributed by atoms with Crippen LogP contribution in [0.4, 0.5) is 0 Å². The molecule has 0 heterocycles. The van der Waals surface area contributed by atoms with E-state index >= 15 is 0 Å². The lowest BCUT2D eigenvalue weighted by Crippen LogP contribution is -2.29. The van der Waals surface area contributed by atoms with Gasteiger partial charge in [0.05, 0.1) is 5.41 Å². The molecule has 0 heteroatoms. The van der Waals surface area contributed by atoms with Gasteiger partial charge in [0.15, 0.2) is 0 Å². The minimum absolute atomic E-state index is 0.274. The van der Waals surface area contributed by atoms with Crippen LogP contribution >= 0.6 is 0 Å². The van der Waals surface area contributed by atoms with Crippen LogP contribution in [0.2, 0.25) is 0 Å². The maximum absolute atomic E-state index is 2.32. The Morgan fingerprint density at radius 2 is 1.04 bits per heavy atom. The van der Waals surface area contributed by atoms with E-state index in [1.807, 2.05) is 0 Å². The van der Waals surface area contributed by atoms with Gasteiger partial charge >= 0.3 is 0 Å². The van der Waals surface area contributed by atoms with Crippen molar-refractivity contribution in [3.63, 3.8) is 0 Å². The summed E-state index contributed by atoms with van der Waals surface area (Å²) in [6, 6.07) is 17.8. The van der Waals surface area contributed by atoms with Gasteiger partial charge in [-0.15, -0.1) is 0 Å². The van der Waals surface area contributed by atoms with Gasteiger partial charge in [0.25, 0.3) is 0 Å². The highest BCUT2D eigenvalue weighted by Gasteiger charge is 2.46. The first-order valence-electron chi connectivity index (χ1n) is 9.69. The van der Waals surface area contributed by atoms with E-state index in [9.17, 15) is 0 Å². The number of hydrogen-bond acceptors (Lipinski definition) is 0. The topological polar surface area (TPSA) is 0 Å². The molecule has 0 saturated carbocycles. The minimum Gasteiger partial charge on any atom is -0.0807 e. The van der Waals surface area contributed by atoms with Crippen molar-refractivity contribution >= 4 is 0 Å². The molecule has 0 aliphatic heterocycles. The molecule has 5 rings (SSSR count). The summed E-state index contributed by atoms with van der Waals surface area (Å²) in [6.07, 6.45) is 24.6. The fourth-order valence-corrected chi connectivity index (χ4v) is 4.68. The zero-order valence-electron chi connectivity index (χ0n) is 15.3. The Morgan fingerprint density at radius 1 is 0.556 bits per heavy atom. The molecule has 2 aromatic rings. The Balaban J connectivity index is 1.92. The third-order valence-electron chi connectivity index (χ3n) is 5.78. The van der Waals surface area contributed by atoms with Crippen LogP contribution in [0.3, 0.4) is 0 Å². The lowest BCUT2D eigenvalue weighted by atomic mass is 9.66. The van der Waals surface area contributed by atoms with E-state index in [1.54, 1.807) is 0 Å². The quantitative estimate of drug-likeness (QED) is 0.558. The normalized spacial score (nSPS) is 19.0. The number of allylic oxidation sites excluding steroid dienone is 12. The monoisotopic (exact) mass is 346 g/mol. The van der Waals surface area contributed by atoms with Crippen LogP contribution in [0.1, 0.15) is 24.0 Å². The van der Waals surface area contributed by atoms with Gasteiger partial charge in [-0.25, -0.2) is 0 Å². The Labute approximate surface area is 161 Å². The predicted molar refractivity (Wildman–Crippen MR) is 115 cm³/mol. The average molecular weight is 346 g/mol. The lowest BCUT2D eigenvalue weighted by Gasteiger charge is -2.35. The van der Waals surface area contributed by atoms with Crippen LogP contribution in [-0.4, -0.2) is 0 Å². The summed E-state index contributed by atoms with van der Waals surface area (Å²) in [6.45, 7) is 0. The SMILES string of the molecule is C1=CCC=CC(C2(C3=CC=CCC=C3)c3ccccc3-c3ccccc32)=C1. The Hall–Kier alpha value is -3.12. The van der Waals surface area contributed by atoms with Gasteiger partial charge < -0.3 is 0 Å². The van der Waals surface area contributed by atoms with E-state index in [1.165, 1.54) is 33.4 Å². The molecule has 0 spiro atoms. The van der Waals surface area contributed by atoms with Crippen LogP contribution < -0.4 is 0 Å². The molecule has 0 aromatic heterocycles. The van der Waals surface area contributed by atoms with Gasteiger partial charge in [-0.3, -0.25) is 0 Å². The summed E-state index contributed by atoms with van der Waals surface area (Å²) in [5.41, 5.74) is 7.84. The van der Waals surface area contributed by atoms with E-state index < -0.39 is 0 Å². The first-order valence-corrected chi connectivity index (χ1v) is 9.69. The standard InChI is InChI=1S/C27H22/c1-2-6-14-21(13-5-1)27(22-15-7-3-4-8-16-22)25-19-11-9-17-23(25)24-18-10-12-20-26(24)27/h1,3,5-20H,2,4H2. The van der Waals surface area contributed by atoms with Crippen LogP contribution in [0.15, 0.2) is 120 Å². The molecule has 0 bridgehead atoms. The van der Waals surface area contributed by atoms with Crippen molar-refractivity contribution < 1.29 is 0 Å². The average Bonchev–Trinajstić information content (AvgIpc) is 3.01. The molecular formula is C27H22. The summed E-state index contributed by atoms with van der Waals surface area (Å²) >= 11 is 0. The molecule has 3 aliphatic rings. The molecule has 0 nitrogen and oxygen atoms in total. The highest BCUT2D eigenvalue weighted by molar-refractivity contribution is 5.87. The summed E-state index contributed by atoms with van der Waals surface area (Å²) in [7, 11) is 0. The van der Waals surface area contributed by atoms with E-state index in [0.29, 0.717) is 0 Å². The number of benzene rings is 2. The summed E-state index contributed by atoms with van der Waals surface area (Å²) in [4.78, 5) is 0. The summed E-state index contributed by atoms with van der Waals surface area (Å²) in [5, 5.41) is 0. The first kappa shape index (κ1) is 16.1. The molecule has 2 aromatic carbocycles. The Morgan fingerprint density at radius 3 is 1.56 bits per heavy atom. The van der Waals surface area contributed by atoms with Gasteiger partial charge in [-0.1, -0.05) is 109 Å². The van der Waals surface area contributed by atoms with Gasteiger partial charge in [0, 0.05) is 0 Å². The fourth-order valence-electron chi connectivity index (χ4n) is 4.68. The van der Waals surface area contributed by atoms with Gasteiger partial charge in [-0.2, -0.15) is 0 Å². The lowest BCUT2D eigenvalue weighted by molar-refractivity contribution is 0.765. The highest BCUT2D eigenvalue weighted by Crippen LogP contribution is 2.57. The smallest absolute Gasteiger partial charge is 0.0713 e. The summed E-state index contributed by atoms with van der Waals surface area (Å²) < 4.78 is 0. The third kappa shape index (κ3) is 2.37. The van der Waals surface area contributed by atoms with Gasteiger partial charge in [0.1, 0.15) is 0 Å². The molecular weight excluding hydrogens is 324 g/mol. The number of hydrogen-bond donors (Lipinski definition) is 0. The van der Waals surface area contributed by atoms with Crippen molar-refractivity contribution in [1.82, 2.24) is 0 Å². The van der Waals surface area contributed by atoms with Crippen molar-refractivity contribution in [3.05, 3.63) is 132 Å². The molecule has 0 atom stereocenters. The zero-order valence-corrected chi connectivity index (χ0v) is 15.3. The number of rotatable bonds is 2. The molecule has 3 aliphatic carbocycles. The van der Waals surface area contributed by atoms with Crippen molar-refractivity contribution in [3.8, 4) is 11.1 Å². The molecule has 27 heavy (non-hydrogen) atoms. The molecule has 0 N–H and O–H groups in total. The maximum Gasteiger partial charge on any atom is 0.0713 e. The Kier molecular flexibility index (Phi) is 3.90. The van der Waals surface area contributed by atoms with E-state index in [-0.39, 0.29) is 5.41 Å². The predicted octanol–water partition coefficient (Wildman–Crippen LogP) is 6.84. The second kappa shape index (κ2) is 6.55. The van der Waals surface area contributed by atoms with Gasteiger partial charge in [-0.05, 0) is 46.2 Å². The van der Waals surface area contributed by atoms with Crippen molar-refractivity contribution in [2.24, 2.45) is 0 Å². The van der Waals surface area contributed by atoms with Crippen molar-refractivity contribution in [2.75, 3.05) is 0 Å². The molecule has 0 radical (unpaired) electrons. The zero-order chi connectivity index (χ0) is 18.1. The van der Waals surface area contributed by atoms with E-state index in [2.05, 4.69) is 109 Å². The molecule has 130 valence electrons. The molecule has 0 fully saturated rings. The molecule has 0 amide bonds. The molecule has 0 saturated heterocycles. The Bertz CT molecular complexity index is 979.